The summed E-state index contributed by atoms with van der Waals surface area (Å²) < 4.78 is 10.7. The third-order valence-electron chi connectivity index (χ3n) is 4.28. The van der Waals surface area contributed by atoms with Crippen LogP contribution in [0.4, 0.5) is 0 Å². The summed E-state index contributed by atoms with van der Waals surface area (Å²) in [5.74, 6) is -0.00588. The number of carbonyl (C=O) groups excluding carboxylic acids is 1. The van der Waals surface area contributed by atoms with E-state index in [0.717, 1.165) is 24.8 Å². The number of hydrogen-bond donors (Lipinski definition) is 1. The number of nitrogens with one attached hydrogen (secondary N) is 1. The maximum atomic E-state index is 12.4. The molecule has 0 bridgehead atoms. The van der Waals surface area contributed by atoms with E-state index in [2.05, 4.69) is 11.4 Å². The molecule has 20 heavy (non-hydrogen) atoms. The Kier molecular flexibility index (Phi) is 4.03. The summed E-state index contributed by atoms with van der Waals surface area (Å²) in [5.41, 5.74) is 3.47. The second-order valence-corrected chi connectivity index (χ2v) is 5.55. The van der Waals surface area contributed by atoms with Gasteiger partial charge in [-0.3, -0.25) is 4.79 Å². The molecule has 2 atom stereocenters. The molecule has 0 radical (unpaired) electrons. The van der Waals surface area contributed by atoms with Crippen LogP contribution in [-0.4, -0.2) is 38.4 Å². The summed E-state index contributed by atoms with van der Waals surface area (Å²) in [6.45, 7) is 1.22. The zero-order chi connectivity index (χ0) is 13.9. The van der Waals surface area contributed by atoms with E-state index >= 15 is 0 Å². The van der Waals surface area contributed by atoms with Crippen molar-refractivity contribution in [2.24, 2.45) is 0 Å². The Labute approximate surface area is 119 Å². The molecule has 4 nitrogen and oxygen atoms in total. The molecule has 2 unspecified atom stereocenters. The lowest BCUT2D eigenvalue weighted by atomic mass is 10.0. The highest BCUT2D eigenvalue weighted by atomic mass is 16.5. The molecule has 1 aromatic carbocycles. The molecule has 2 aliphatic rings. The van der Waals surface area contributed by atoms with Crippen molar-refractivity contribution < 1.29 is 14.3 Å². The van der Waals surface area contributed by atoms with Crippen LogP contribution in [0.3, 0.4) is 0 Å². The zero-order valence-corrected chi connectivity index (χ0v) is 11.9. The minimum Gasteiger partial charge on any atom is -0.379 e. The maximum absolute atomic E-state index is 12.4. The van der Waals surface area contributed by atoms with Crippen LogP contribution < -0.4 is 5.32 Å². The van der Waals surface area contributed by atoms with Crippen LogP contribution in [0.2, 0.25) is 0 Å². The first kappa shape index (κ1) is 13.6. The van der Waals surface area contributed by atoms with Crippen LogP contribution in [0, 0.1) is 0 Å². The van der Waals surface area contributed by atoms with Crippen molar-refractivity contribution in [1.82, 2.24) is 5.32 Å². The third-order valence-corrected chi connectivity index (χ3v) is 4.28. The molecule has 1 saturated heterocycles. The lowest BCUT2D eigenvalue weighted by Crippen LogP contribution is -2.49. The van der Waals surface area contributed by atoms with Crippen LogP contribution in [0.5, 0.6) is 0 Å². The smallest absolute Gasteiger partial charge is 0.251 e. The van der Waals surface area contributed by atoms with E-state index in [-0.39, 0.29) is 18.1 Å². The van der Waals surface area contributed by atoms with Crippen molar-refractivity contribution in [3.8, 4) is 0 Å². The Balaban J connectivity index is 1.69. The van der Waals surface area contributed by atoms with Gasteiger partial charge in [-0.15, -0.1) is 0 Å². The topological polar surface area (TPSA) is 47.6 Å². The van der Waals surface area contributed by atoms with E-state index in [1.165, 1.54) is 17.5 Å². The quantitative estimate of drug-likeness (QED) is 0.913. The predicted molar refractivity (Wildman–Crippen MR) is 76.0 cm³/mol. The Hall–Kier alpha value is -1.39. The monoisotopic (exact) mass is 275 g/mol. The van der Waals surface area contributed by atoms with Crippen molar-refractivity contribution in [2.45, 2.75) is 37.8 Å². The summed E-state index contributed by atoms with van der Waals surface area (Å²) in [6, 6.07) is 6.10. The van der Waals surface area contributed by atoms with Crippen molar-refractivity contribution in [1.29, 1.82) is 0 Å². The molecule has 0 spiro atoms. The highest BCUT2D eigenvalue weighted by molar-refractivity contribution is 5.94. The molecule has 0 aromatic heterocycles. The largest absolute Gasteiger partial charge is 0.379 e. The van der Waals surface area contributed by atoms with Crippen LogP contribution in [0.15, 0.2) is 18.2 Å². The van der Waals surface area contributed by atoms with Crippen molar-refractivity contribution in [3.05, 3.63) is 34.9 Å². The summed E-state index contributed by atoms with van der Waals surface area (Å²) >= 11 is 0. The Morgan fingerprint density at radius 1 is 1.35 bits per heavy atom. The van der Waals surface area contributed by atoms with E-state index in [4.69, 9.17) is 9.47 Å². The first-order valence-corrected chi connectivity index (χ1v) is 7.31. The van der Waals surface area contributed by atoms with E-state index in [1.54, 1.807) is 7.11 Å². The van der Waals surface area contributed by atoms with Gasteiger partial charge in [-0.1, -0.05) is 6.07 Å². The number of rotatable bonds is 3. The number of aryl methyl sites for hydroxylation is 2. The van der Waals surface area contributed by atoms with Gasteiger partial charge in [0.2, 0.25) is 0 Å². The lowest BCUT2D eigenvalue weighted by molar-refractivity contribution is -0.0479. The second kappa shape index (κ2) is 5.94. The zero-order valence-electron chi connectivity index (χ0n) is 11.9. The number of carbonyl (C=O) groups is 1. The first-order chi connectivity index (χ1) is 9.78. The molecule has 1 heterocycles. The summed E-state index contributed by atoms with van der Waals surface area (Å²) in [4.78, 5) is 12.4. The summed E-state index contributed by atoms with van der Waals surface area (Å²) in [5, 5.41) is 3.08. The number of amides is 1. The Bertz CT molecular complexity index is 500. The van der Waals surface area contributed by atoms with E-state index < -0.39 is 0 Å². The fraction of sp³-hybridized carbons (Fsp3) is 0.562. The van der Waals surface area contributed by atoms with Crippen LogP contribution in [-0.2, 0) is 22.3 Å². The molecule has 4 heteroatoms. The van der Waals surface area contributed by atoms with Gasteiger partial charge in [-0.2, -0.15) is 0 Å². The van der Waals surface area contributed by atoms with Gasteiger partial charge in [0.05, 0.1) is 12.6 Å². The first-order valence-electron chi connectivity index (χ1n) is 7.31. The number of hydrogen-bond acceptors (Lipinski definition) is 3. The maximum Gasteiger partial charge on any atom is 0.251 e. The molecule has 3 rings (SSSR count). The van der Waals surface area contributed by atoms with Gasteiger partial charge in [-0.05, 0) is 48.9 Å². The van der Waals surface area contributed by atoms with Gasteiger partial charge < -0.3 is 14.8 Å². The fourth-order valence-corrected chi connectivity index (χ4v) is 3.07. The Morgan fingerprint density at radius 3 is 3.05 bits per heavy atom. The fourth-order valence-electron chi connectivity index (χ4n) is 3.07. The SMILES string of the molecule is COC1COCCC1NC(=O)c1ccc2c(c1)CCC2. The van der Waals surface area contributed by atoms with E-state index in [9.17, 15) is 4.79 Å². The summed E-state index contributed by atoms with van der Waals surface area (Å²) in [7, 11) is 1.66. The van der Waals surface area contributed by atoms with Gasteiger partial charge in [0, 0.05) is 19.3 Å². The van der Waals surface area contributed by atoms with Crippen molar-refractivity contribution in [2.75, 3.05) is 20.3 Å². The summed E-state index contributed by atoms with van der Waals surface area (Å²) in [6.07, 6.45) is 4.18. The number of fused-ring (bicyclic) bond motifs is 1. The molecule has 1 aromatic rings. The molecule has 1 aliphatic heterocycles. The molecule has 1 aliphatic carbocycles. The van der Waals surface area contributed by atoms with Gasteiger partial charge in [0.1, 0.15) is 6.10 Å². The van der Waals surface area contributed by atoms with E-state index in [1.807, 2.05) is 12.1 Å². The van der Waals surface area contributed by atoms with Gasteiger partial charge >= 0.3 is 0 Å². The Morgan fingerprint density at radius 2 is 2.20 bits per heavy atom. The highest BCUT2D eigenvalue weighted by Gasteiger charge is 2.27. The van der Waals surface area contributed by atoms with Crippen LogP contribution in [0.25, 0.3) is 0 Å². The van der Waals surface area contributed by atoms with Crippen molar-refractivity contribution >= 4 is 5.91 Å². The van der Waals surface area contributed by atoms with Crippen LogP contribution >= 0.6 is 0 Å². The number of methoxy groups -OCH3 is 1. The second-order valence-electron chi connectivity index (χ2n) is 5.55. The standard InChI is InChI=1S/C16H21NO3/c1-19-15-10-20-8-7-14(15)17-16(18)13-6-5-11-3-2-4-12(11)9-13/h5-6,9,14-15H,2-4,7-8,10H2,1H3,(H,17,18). The van der Waals surface area contributed by atoms with Gasteiger partial charge in [0.15, 0.2) is 0 Å². The average Bonchev–Trinajstić information content (AvgIpc) is 2.95. The van der Waals surface area contributed by atoms with Gasteiger partial charge in [0.25, 0.3) is 5.91 Å². The van der Waals surface area contributed by atoms with Crippen LogP contribution in [0.1, 0.15) is 34.3 Å². The van der Waals surface area contributed by atoms with E-state index in [0.29, 0.717) is 13.2 Å². The highest BCUT2D eigenvalue weighted by Crippen LogP contribution is 2.23. The molecular formula is C16H21NO3. The molecule has 1 N–H and O–H groups in total. The van der Waals surface area contributed by atoms with Crippen molar-refractivity contribution in [3.63, 3.8) is 0 Å². The lowest BCUT2D eigenvalue weighted by Gasteiger charge is -2.31. The predicted octanol–water partition coefficient (Wildman–Crippen LogP) is 1.71. The number of ether oxygens (including phenoxy) is 2. The minimum absolute atomic E-state index is 0.00588. The molecular weight excluding hydrogens is 254 g/mol. The minimum atomic E-state index is -0.0536. The number of benzene rings is 1. The molecule has 108 valence electrons. The molecule has 1 amide bonds. The third kappa shape index (κ3) is 2.72. The molecule has 1 fully saturated rings. The average molecular weight is 275 g/mol. The normalized spacial score (nSPS) is 25.2. The van der Waals surface area contributed by atoms with Gasteiger partial charge in [-0.25, -0.2) is 0 Å². The molecule has 0 saturated carbocycles.